The zero-order chi connectivity index (χ0) is 13.7. The molecule has 2 rings (SSSR count). The third-order valence-corrected chi connectivity index (χ3v) is 3.21. The number of aliphatic hydroxyl groups excluding tert-OH is 1. The highest BCUT2D eigenvalue weighted by Gasteiger charge is 2.24. The van der Waals surface area contributed by atoms with Crippen LogP contribution < -0.4 is 15.4 Å². The first kappa shape index (κ1) is 17.1. The summed E-state index contributed by atoms with van der Waals surface area (Å²) in [6.07, 6.45) is -0.347. The van der Waals surface area contributed by atoms with Gasteiger partial charge in [0.1, 0.15) is 5.75 Å². The van der Waals surface area contributed by atoms with Crippen LogP contribution in [0, 0.1) is 5.92 Å². The average Bonchev–Trinajstić information content (AvgIpc) is 2.77. The Morgan fingerprint density at radius 3 is 2.75 bits per heavy atom. The van der Waals surface area contributed by atoms with Gasteiger partial charge in [0.05, 0.1) is 6.10 Å². The summed E-state index contributed by atoms with van der Waals surface area (Å²) in [7, 11) is 0. The molecule has 4 nitrogen and oxygen atoms in total. The molecule has 114 valence electrons. The topological polar surface area (TPSA) is 53.5 Å². The van der Waals surface area contributed by atoms with E-state index in [1.165, 1.54) is 6.07 Å². The van der Waals surface area contributed by atoms with E-state index < -0.39 is 6.61 Å². The summed E-state index contributed by atoms with van der Waals surface area (Å²) in [5.41, 5.74) is 0.684. The zero-order valence-corrected chi connectivity index (χ0v) is 11.7. The fraction of sp³-hybridized carbons (Fsp3) is 0.538. The Labute approximate surface area is 122 Å². The fourth-order valence-electron chi connectivity index (χ4n) is 2.18. The van der Waals surface area contributed by atoms with Gasteiger partial charge in [-0.05, 0) is 6.07 Å². The van der Waals surface area contributed by atoms with E-state index in [-0.39, 0.29) is 30.2 Å². The average molecular weight is 309 g/mol. The molecule has 1 aliphatic rings. The SMILES string of the molecule is Cl.OC1CNCC1CNCc1ccccc1OC(F)F. The van der Waals surface area contributed by atoms with Gasteiger partial charge in [0.2, 0.25) is 0 Å². The van der Waals surface area contributed by atoms with E-state index in [1.807, 2.05) is 0 Å². The van der Waals surface area contributed by atoms with Crippen LogP contribution in [0.1, 0.15) is 5.56 Å². The van der Waals surface area contributed by atoms with Crippen LogP contribution in [0.5, 0.6) is 5.75 Å². The number of halogens is 3. The Morgan fingerprint density at radius 1 is 1.35 bits per heavy atom. The number of hydrogen-bond donors (Lipinski definition) is 3. The van der Waals surface area contributed by atoms with E-state index in [2.05, 4.69) is 15.4 Å². The van der Waals surface area contributed by atoms with Gasteiger partial charge >= 0.3 is 6.61 Å². The van der Waals surface area contributed by atoms with E-state index in [9.17, 15) is 13.9 Å². The molecular formula is C13H19ClF2N2O2. The first-order valence-corrected chi connectivity index (χ1v) is 6.29. The van der Waals surface area contributed by atoms with Crippen molar-refractivity contribution in [3.05, 3.63) is 29.8 Å². The van der Waals surface area contributed by atoms with Crippen molar-refractivity contribution in [2.45, 2.75) is 19.3 Å². The number of ether oxygens (including phenoxy) is 1. The largest absolute Gasteiger partial charge is 0.434 e. The molecule has 0 bridgehead atoms. The molecule has 1 fully saturated rings. The molecule has 0 aromatic heterocycles. The minimum atomic E-state index is -2.82. The number of β-amino-alcohol motifs (C(OH)–C–C–N with tert-alkyl or cyclic N) is 1. The first-order valence-electron chi connectivity index (χ1n) is 6.29. The molecule has 1 aromatic carbocycles. The smallest absolute Gasteiger partial charge is 0.387 e. The highest BCUT2D eigenvalue weighted by molar-refractivity contribution is 5.85. The number of benzene rings is 1. The third-order valence-electron chi connectivity index (χ3n) is 3.21. The molecule has 3 N–H and O–H groups in total. The molecule has 1 saturated heterocycles. The van der Waals surface area contributed by atoms with Crippen LogP contribution in [-0.2, 0) is 6.54 Å². The summed E-state index contributed by atoms with van der Waals surface area (Å²) in [5, 5.41) is 15.9. The van der Waals surface area contributed by atoms with E-state index in [0.717, 1.165) is 6.54 Å². The second-order valence-electron chi connectivity index (χ2n) is 4.60. The molecule has 0 saturated carbocycles. The minimum absolute atomic E-state index is 0. The van der Waals surface area contributed by atoms with E-state index in [0.29, 0.717) is 25.2 Å². The van der Waals surface area contributed by atoms with Crippen LogP contribution in [0.15, 0.2) is 24.3 Å². The van der Waals surface area contributed by atoms with Crippen molar-refractivity contribution < 1.29 is 18.6 Å². The summed E-state index contributed by atoms with van der Waals surface area (Å²) in [5.74, 6) is 0.346. The number of rotatable bonds is 6. The van der Waals surface area contributed by atoms with Crippen molar-refractivity contribution in [2.75, 3.05) is 19.6 Å². The summed E-state index contributed by atoms with van der Waals surface area (Å²) in [6.45, 7) is -0.369. The summed E-state index contributed by atoms with van der Waals surface area (Å²) in [6, 6.07) is 6.70. The fourth-order valence-corrected chi connectivity index (χ4v) is 2.18. The summed E-state index contributed by atoms with van der Waals surface area (Å²) in [4.78, 5) is 0. The quantitative estimate of drug-likeness (QED) is 0.743. The Hall–Kier alpha value is -0.950. The number of para-hydroxylation sites is 1. The predicted octanol–water partition coefficient (Wildman–Crippen LogP) is 1.38. The minimum Gasteiger partial charge on any atom is -0.434 e. The molecule has 20 heavy (non-hydrogen) atoms. The number of aliphatic hydroxyl groups is 1. The van der Waals surface area contributed by atoms with E-state index >= 15 is 0 Å². The van der Waals surface area contributed by atoms with Gasteiger partial charge in [-0.25, -0.2) is 0 Å². The van der Waals surface area contributed by atoms with Crippen molar-refractivity contribution in [3.8, 4) is 5.75 Å². The molecule has 1 aliphatic heterocycles. The second kappa shape index (κ2) is 8.36. The molecule has 2 atom stereocenters. The van der Waals surface area contributed by atoms with E-state index in [4.69, 9.17) is 0 Å². The van der Waals surface area contributed by atoms with Gasteiger partial charge in [-0.2, -0.15) is 8.78 Å². The van der Waals surface area contributed by atoms with Gasteiger partial charge in [0, 0.05) is 37.7 Å². The molecule has 1 aromatic rings. The number of hydrogen-bond acceptors (Lipinski definition) is 4. The molecule has 1 heterocycles. The second-order valence-corrected chi connectivity index (χ2v) is 4.60. The first-order chi connectivity index (χ1) is 9.16. The maximum Gasteiger partial charge on any atom is 0.387 e. The molecule has 0 spiro atoms. The Balaban J connectivity index is 0.00000200. The van der Waals surface area contributed by atoms with Gasteiger partial charge < -0.3 is 20.5 Å². The maximum absolute atomic E-state index is 12.2. The Bertz CT molecular complexity index is 410. The Morgan fingerprint density at radius 2 is 2.10 bits per heavy atom. The monoisotopic (exact) mass is 308 g/mol. The van der Waals surface area contributed by atoms with Gasteiger partial charge in [-0.15, -0.1) is 12.4 Å². The number of nitrogens with one attached hydrogen (secondary N) is 2. The molecule has 7 heteroatoms. The van der Waals surface area contributed by atoms with Crippen molar-refractivity contribution in [1.29, 1.82) is 0 Å². The zero-order valence-electron chi connectivity index (χ0n) is 10.9. The van der Waals surface area contributed by atoms with Crippen molar-refractivity contribution >= 4 is 12.4 Å². The standard InChI is InChI=1S/C13H18F2N2O2.ClH/c14-13(15)19-12-4-2-1-3-9(12)5-16-6-10-7-17-8-11(10)18;/h1-4,10-11,13,16-18H,5-8H2;1H. The molecule has 0 radical (unpaired) electrons. The van der Waals surface area contributed by atoms with E-state index in [1.54, 1.807) is 18.2 Å². The maximum atomic E-state index is 12.2. The third kappa shape index (κ3) is 4.86. The molecule has 0 aliphatic carbocycles. The van der Waals surface area contributed by atoms with Crippen LogP contribution in [0.4, 0.5) is 8.78 Å². The van der Waals surface area contributed by atoms with Crippen molar-refractivity contribution in [1.82, 2.24) is 10.6 Å². The number of alkyl halides is 2. The van der Waals surface area contributed by atoms with Crippen LogP contribution in [0.2, 0.25) is 0 Å². The highest BCUT2D eigenvalue weighted by Crippen LogP contribution is 2.20. The van der Waals surface area contributed by atoms with Crippen LogP contribution in [-0.4, -0.2) is 37.5 Å². The van der Waals surface area contributed by atoms with Gasteiger partial charge in [0.25, 0.3) is 0 Å². The molecule has 0 amide bonds. The normalized spacial score (nSPS) is 21.8. The van der Waals surface area contributed by atoms with Crippen molar-refractivity contribution in [3.63, 3.8) is 0 Å². The van der Waals surface area contributed by atoms with Gasteiger partial charge in [0.15, 0.2) is 0 Å². The van der Waals surface area contributed by atoms with Crippen LogP contribution in [0.3, 0.4) is 0 Å². The lowest BCUT2D eigenvalue weighted by Gasteiger charge is -2.15. The van der Waals surface area contributed by atoms with Crippen LogP contribution >= 0.6 is 12.4 Å². The molecule has 2 unspecified atom stereocenters. The Kier molecular flexibility index (Phi) is 7.15. The van der Waals surface area contributed by atoms with Crippen molar-refractivity contribution in [2.24, 2.45) is 5.92 Å². The summed E-state index contributed by atoms with van der Waals surface area (Å²) < 4.78 is 28.9. The lowest BCUT2D eigenvalue weighted by atomic mass is 10.1. The lowest BCUT2D eigenvalue weighted by Crippen LogP contribution is -2.30. The highest BCUT2D eigenvalue weighted by atomic mass is 35.5. The van der Waals surface area contributed by atoms with Gasteiger partial charge in [-0.1, -0.05) is 18.2 Å². The summed E-state index contributed by atoms with van der Waals surface area (Å²) >= 11 is 0. The predicted molar refractivity (Wildman–Crippen MR) is 74.4 cm³/mol. The van der Waals surface area contributed by atoms with Gasteiger partial charge in [-0.3, -0.25) is 0 Å². The van der Waals surface area contributed by atoms with Crippen LogP contribution in [0.25, 0.3) is 0 Å². The lowest BCUT2D eigenvalue weighted by molar-refractivity contribution is -0.0505. The molecular weight excluding hydrogens is 290 g/mol.